The lowest BCUT2D eigenvalue weighted by molar-refractivity contribution is 0.112. The van der Waals surface area contributed by atoms with E-state index < -0.39 is 0 Å². The molecule has 0 N–H and O–H groups in total. The fraction of sp³-hybridized carbons (Fsp3) is 0.308. The number of benzene rings is 1. The van der Waals surface area contributed by atoms with Gasteiger partial charge in [0.1, 0.15) is 0 Å². The average molecular weight is 186 g/mol. The molecule has 1 aromatic rings. The van der Waals surface area contributed by atoms with Crippen molar-refractivity contribution < 1.29 is 4.79 Å². The van der Waals surface area contributed by atoms with Gasteiger partial charge in [-0.25, -0.2) is 0 Å². The van der Waals surface area contributed by atoms with Crippen molar-refractivity contribution in [1.29, 1.82) is 0 Å². The lowest BCUT2D eigenvalue weighted by Crippen LogP contribution is -1.89. The molecular weight excluding hydrogens is 172 g/mol. The van der Waals surface area contributed by atoms with E-state index in [1.807, 2.05) is 39.0 Å². The van der Waals surface area contributed by atoms with Crippen molar-refractivity contribution in [2.75, 3.05) is 0 Å². The Kier molecular flexibility index (Phi) is 3.48. The van der Waals surface area contributed by atoms with E-state index in [9.17, 15) is 4.79 Å². The minimum absolute atomic E-state index is 0.329. The number of carbonyl (C=O) groups is 1. The van der Waals surface area contributed by atoms with Gasteiger partial charge in [0.15, 0.2) is 6.29 Å². The molecule has 1 rings (SSSR count). The molecule has 0 bridgehead atoms. The molecule has 0 saturated carbocycles. The second-order valence-corrected chi connectivity index (χ2v) is 3.63. The third kappa shape index (κ3) is 2.74. The SMILES string of the molecule is Cc1ccc(C#CC(C)C)c(C=O)c1. The quantitative estimate of drug-likeness (QED) is 0.487. The summed E-state index contributed by atoms with van der Waals surface area (Å²) in [4.78, 5) is 10.8. The second-order valence-electron chi connectivity index (χ2n) is 3.63. The van der Waals surface area contributed by atoms with E-state index in [2.05, 4.69) is 11.8 Å². The molecule has 0 unspecified atom stereocenters. The lowest BCUT2D eigenvalue weighted by atomic mass is 10.1. The van der Waals surface area contributed by atoms with Crippen LogP contribution in [0.5, 0.6) is 0 Å². The number of rotatable bonds is 1. The van der Waals surface area contributed by atoms with E-state index in [-0.39, 0.29) is 0 Å². The zero-order valence-corrected chi connectivity index (χ0v) is 8.79. The van der Waals surface area contributed by atoms with E-state index in [1.165, 1.54) is 0 Å². The van der Waals surface area contributed by atoms with Crippen molar-refractivity contribution in [1.82, 2.24) is 0 Å². The van der Waals surface area contributed by atoms with Gasteiger partial charge in [-0.3, -0.25) is 4.79 Å². The predicted molar refractivity (Wildman–Crippen MR) is 58.3 cm³/mol. The molecule has 1 nitrogen and oxygen atoms in total. The maximum atomic E-state index is 10.8. The van der Waals surface area contributed by atoms with Crippen LogP contribution in [0.15, 0.2) is 18.2 Å². The molecule has 0 heterocycles. The predicted octanol–water partition coefficient (Wildman–Crippen LogP) is 2.82. The van der Waals surface area contributed by atoms with E-state index >= 15 is 0 Å². The summed E-state index contributed by atoms with van der Waals surface area (Å²) in [5.41, 5.74) is 2.58. The summed E-state index contributed by atoms with van der Waals surface area (Å²) in [5.74, 6) is 6.39. The van der Waals surface area contributed by atoms with E-state index in [1.54, 1.807) is 0 Å². The maximum Gasteiger partial charge on any atom is 0.151 e. The van der Waals surface area contributed by atoms with Gasteiger partial charge in [0.2, 0.25) is 0 Å². The van der Waals surface area contributed by atoms with Crippen molar-refractivity contribution >= 4 is 6.29 Å². The standard InChI is InChI=1S/C13H14O/c1-10(2)4-6-12-7-5-11(3)8-13(12)9-14/h5,7-10H,1-3H3. The summed E-state index contributed by atoms with van der Waals surface area (Å²) in [6.45, 7) is 6.02. The zero-order valence-electron chi connectivity index (χ0n) is 8.79. The number of carbonyl (C=O) groups excluding carboxylic acids is 1. The van der Waals surface area contributed by atoms with Crippen molar-refractivity contribution in [2.24, 2.45) is 5.92 Å². The van der Waals surface area contributed by atoms with Crippen LogP contribution in [0.3, 0.4) is 0 Å². The highest BCUT2D eigenvalue weighted by atomic mass is 16.1. The van der Waals surface area contributed by atoms with Crippen LogP contribution in [0, 0.1) is 24.7 Å². The molecule has 0 spiro atoms. The lowest BCUT2D eigenvalue weighted by Gasteiger charge is -1.98. The molecule has 0 atom stereocenters. The van der Waals surface area contributed by atoms with Crippen molar-refractivity contribution in [3.63, 3.8) is 0 Å². The minimum atomic E-state index is 0.329. The monoisotopic (exact) mass is 186 g/mol. The van der Waals surface area contributed by atoms with Crippen molar-refractivity contribution in [3.05, 3.63) is 34.9 Å². The molecule has 0 saturated heterocycles. The summed E-state index contributed by atoms with van der Waals surface area (Å²) in [5, 5.41) is 0. The van der Waals surface area contributed by atoms with Crippen LogP contribution in [0.1, 0.15) is 35.3 Å². The molecule has 0 fully saturated rings. The number of hydrogen-bond acceptors (Lipinski definition) is 1. The smallest absolute Gasteiger partial charge is 0.151 e. The van der Waals surface area contributed by atoms with Crippen molar-refractivity contribution in [3.8, 4) is 11.8 Å². The largest absolute Gasteiger partial charge is 0.298 e. The molecule has 0 radical (unpaired) electrons. The van der Waals surface area contributed by atoms with Gasteiger partial charge < -0.3 is 0 Å². The Morgan fingerprint density at radius 2 is 2.07 bits per heavy atom. The third-order valence-corrected chi connectivity index (χ3v) is 1.83. The van der Waals surface area contributed by atoms with Gasteiger partial charge in [0.25, 0.3) is 0 Å². The highest BCUT2D eigenvalue weighted by molar-refractivity contribution is 5.79. The molecule has 0 aliphatic carbocycles. The van der Waals surface area contributed by atoms with E-state index in [4.69, 9.17) is 0 Å². The van der Waals surface area contributed by atoms with Gasteiger partial charge in [-0.2, -0.15) is 0 Å². The molecule has 0 aliphatic heterocycles. The van der Waals surface area contributed by atoms with Gasteiger partial charge >= 0.3 is 0 Å². The Balaban J connectivity index is 3.10. The normalized spacial score (nSPS) is 9.43. The number of aldehydes is 1. The Labute approximate surface area is 85.1 Å². The Hall–Kier alpha value is -1.55. The number of hydrogen-bond donors (Lipinski definition) is 0. The first kappa shape index (κ1) is 10.5. The molecule has 0 aliphatic rings. The Bertz CT molecular complexity index is 391. The first-order chi connectivity index (χ1) is 6.63. The minimum Gasteiger partial charge on any atom is -0.298 e. The fourth-order valence-electron chi connectivity index (χ4n) is 1.12. The second kappa shape index (κ2) is 4.62. The maximum absolute atomic E-state index is 10.8. The fourth-order valence-corrected chi connectivity index (χ4v) is 1.12. The van der Waals surface area contributed by atoms with Gasteiger partial charge in [0, 0.05) is 17.0 Å². The molecule has 14 heavy (non-hydrogen) atoms. The zero-order chi connectivity index (χ0) is 10.6. The van der Waals surface area contributed by atoms with Crippen molar-refractivity contribution in [2.45, 2.75) is 20.8 Å². The molecule has 0 aromatic heterocycles. The third-order valence-electron chi connectivity index (χ3n) is 1.83. The van der Waals surface area contributed by atoms with Gasteiger partial charge in [-0.05, 0) is 19.1 Å². The van der Waals surface area contributed by atoms with Gasteiger partial charge in [0.05, 0.1) is 0 Å². The summed E-state index contributed by atoms with van der Waals surface area (Å²) >= 11 is 0. The van der Waals surface area contributed by atoms with Crippen LogP contribution in [0.2, 0.25) is 0 Å². The topological polar surface area (TPSA) is 17.1 Å². The van der Waals surface area contributed by atoms with Crippen LogP contribution in [0.4, 0.5) is 0 Å². The molecule has 1 heteroatoms. The molecule has 1 aromatic carbocycles. The van der Waals surface area contributed by atoms with Crippen LogP contribution < -0.4 is 0 Å². The van der Waals surface area contributed by atoms with Crippen LogP contribution in [-0.4, -0.2) is 6.29 Å². The van der Waals surface area contributed by atoms with Crippen LogP contribution >= 0.6 is 0 Å². The highest BCUT2D eigenvalue weighted by Gasteiger charge is 1.98. The van der Waals surface area contributed by atoms with E-state index in [0.717, 1.165) is 17.4 Å². The first-order valence-electron chi connectivity index (χ1n) is 4.71. The van der Waals surface area contributed by atoms with Crippen LogP contribution in [-0.2, 0) is 0 Å². The van der Waals surface area contributed by atoms with E-state index in [0.29, 0.717) is 11.5 Å². The van der Waals surface area contributed by atoms with Gasteiger partial charge in [-0.1, -0.05) is 37.3 Å². The summed E-state index contributed by atoms with van der Waals surface area (Å²) in [7, 11) is 0. The summed E-state index contributed by atoms with van der Waals surface area (Å²) in [6.07, 6.45) is 0.858. The Morgan fingerprint density at radius 3 is 2.64 bits per heavy atom. The molecular formula is C13H14O. The Morgan fingerprint density at radius 1 is 1.36 bits per heavy atom. The summed E-state index contributed by atoms with van der Waals surface area (Å²) < 4.78 is 0. The number of aryl methyl sites for hydroxylation is 1. The molecule has 0 amide bonds. The highest BCUT2D eigenvalue weighted by Crippen LogP contribution is 2.08. The van der Waals surface area contributed by atoms with Crippen LogP contribution in [0.25, 0.3) is 0 Å². The van der Waals surface area contributed by atoms with Gasteiger partial charge in [-0.15, -0.1) is 0 Å². The average Bonchev–Trinajstić information content (AvgIpc) is 2.15. The first-order valence-corrected chi connectivity index (χ1v) is 4.71. The molecule has 72 valence electrons. The summed E-state index contributed by atoms with van der Waals surface area (Å²) in [6, 6.07) is 5.73.